The van der Waals surface area contributed by atoms with Gasteiger partial charge in [-0.1, -0.05) is 0 Å². The van der Waals surface area contributed by atoms with E-state index in [0.717, 1.165) is 23.1 Å². The highest BCUT2D eigenvalue weighted by atomic mass is 16.5. The predicted octanol–water partition coefficient (Wildman–Crippen LogP) is 0.611. The third-order valence-electron chi connectivity index (χ3n) is 3.44. The van der Waals surface area contributed by atoms with E-state index in [-0.39, 0.29) is 17.8 Å². The maximum Gasteiger partial charge on any atom is 0.216 e. The second-order valence-electron chi connectivity index (χ2n) is 5.71. The summed E-state index contributed by atoms with van der Waals surface area (Å²) >= 11 is 0. The number of aromatic nitrogens is 1. The van der Waals surface area contributed by atoms with Crippen molar-refractivity contribution in [2.75, 3.05) is 27.7 Å². The van der Waals surface area contributed by atoms with Gasteiger partial charge in [0.15, 0.2) is 5.96 Å². The summed E-state index contributed by atoms with van der Waals surface area (Å²) in [6.45, 7) is 2.18. The molecular formula is C17H27N7O2. The lowest BCUT2D eigenvalue weighted by molar-refractivity contribution is -0.118. The molecule has 26 heavy (non-hydrogen) atoms. The van der Waals surface area contributed by atoms with Gasteiger partial charge in [-0.25, -0.2) is 0 Å². The van der Waals surface area contributed by atoms with Crippen LogP contribution in [0.25, 0.3) is 10.9 Å². The van der Waals surface area contributed by atoms with Gasteiger partial charge in [0.25, 0.3) is 0 Å². The van der Waals surface area contributed by atoms with Gasteiger partial charge in [0, 0.05) is 44.7 Å². The zero-order valence-corrected chi connectivity index (χ0v) is 15.6. The molecule has 0 atom stereocenters. The average Bonchev–Trinajstić information content (AvgIpc) is 2.96. The number of hydrogen-bond acceptors (Lipinski definition) is 3. The Kier molecular flexibility index (Phi) is 7.94. The molecule has 0 aliphatic heterocycles. The van der Waals surface area contributed by atoms with E-state index < -0.39 is 0 Å². The summed E-state index contributed by atoms with van der Waals surface area (Å²) < 4.78 is 5.21. The SMILES string of the molecule is CN(C)C(N)=NC(=N)N.COc1ccc2[nH]cc(CCNC(C)=O)c2c1. The highest BCUT2D eigenvalue weighted by Crippen LogP contribution is 2.23. The normalized spacial score (nSPS) is 10.7. The number of ether oxygens (including phenoxy) is 1. The lowest BCUT2D eigenvalue weighted by Crippen LogP contribution is -2.32. The molecule has 0 saturated carbocycles. The Morgan fingerprint density at radius 2 is 2.08 bits per heavy atom. The Hall–Kier alpha value is -3.23. The van der Waals surface area contributed by atoms with Crippen molar-refractivity contribution in [2.45, 2.75) is 13.3 Å². The molecular weight excluding hydrogens is 334 g/mol. The number of methoxy groups -OCH3 is 1. The Morgan fingerprint density at radius 1 is 1.38 bits per heavy atom. The van der Waals surface area contributed by atoms with Crippen LogP contribution in [0.15, 0.2) is 29.4 Å². The van der Waals surface area contributed by atoms with Gasteiger partial charge in [-0.05, 0) is 30.2 Å². The summed E-state index contributed by atoms with van der Waals surface area (Å²) in [6, 6.07) is 5.93. The van der Waals surface area contributed by atoms with Crippen LogP contribution in [0.5, 0.6) is 5.75 Å². The predicted molar refractivity (Wildman–Crippen MR) is 104 cm³/mol. The Balaban J connectivity index is 0.000000321. The van der Waals surface area contributed by atoms with Crippen molar-refractivity contribution in [1.29, 1.82) is 5.41 Å². The minimum Gasteiger partial charge on any atom is -0.497 e. The van der Waals surface area contributed by atoms with Crippen LogP contribution < -0.4 is 21.5 Å². The molecule has 0 unspecified atom stereocenters. The van der Waals surface area contributed by atoms with Gasteiger partial charge >= 0.3 is 0 Å². The smallest absolute Gasteiger partial charge is 0.216 e. The number of rotatable bonds is 4. The van der Waals surface area contributed by atoms with Crippen LogP contribution in [0.3, 0.4) is 0 Å². The molecule has 0 radical (unpaired) electrons. The van der Waals surface area contributed by atoms with E-state index >= 15 is 0 Å². The summed E-state index contributed by atoms with van der Waals surface area (Å²) in [7, 11) is 5.11. The van der Waals surface area contributed by atoms with Gasteiger partial charge in [0.2, 0.25) is 11.9 Å². The molecule has 0 spiro atoms. The maximum atomic E-state index is 10.8. The molecule has 1 heterocycles. The van der Waals surface area contributed by atoms with Gasteiger partial charge in [0.1, 0.15) is 5.75 Å². The summed E-state index contributed by atoms with van der Waals surface area (Å²) in [6.07, 6.45) is 2.79. The number of nitrogens with two attached hydrogens (primary N) is 2. The van der Waals surface area contributed by atoms with Gasteiger partial charge < -0.3 is 31.4 Å². The Labute approximate surface area is 152 Å². The van der Waals surface area contributed by atoms with Crippen molar-refractivity contribution >= 4 is 28.7 Å². The first kappa shape index (κ1) is 20.8. The van der Waals surface area contributed by atoms with Crippen molar-refractivity contribution in [3.05, 3.63) is 30.0 Å². The van der Waals surface area contributed by atoms with Gasteiger partial charge in [0.05, 0.1) is 7.11 Å². The Morgan fingerprint density at radius 3 is 2.58 bits per heavy atom. The molecule has 142 valence electrons. The van der Waals surface area contributed by atoms with Gasteiger partial charge in [-0.2, -0.15) is 4.99 Å². The zero-order chi connectivity index (χ0) is 19.7. The van der Waals surface area contributed by atoms with E-state index in [1.54, 1.807) is 26.1 Å². The van der Waals surface area contributed by atoms with Crippen LogP contribution in [0.1, 0.15) is 12.5 Å². The molecule has 0 aliphatic rings. The molecule has 9 heteroatoms. The van der Waals surface area contributed by atoms with E-state index in [4.69, 9.17) is 21.6 Å². The van der Waals surface area contributed by atoms with E-state index in [9.17, 15) is 4.79 Å². The summed E-state index contributed by atoms with van der Waals surface area (Å²) in [4.78, 5) is 19.0. The van der Waals surface area contributed by atoms with E-state index in [1.165, 1.54) is 12.5 Å². The topological polar surface area (TPSA) is 146 Å². The zero-order valence-electron chi connectivity index (χ0n) is 15.6. The van der Waals surface area contributed by atoms with Crippen LogP contribution in [0, 0.1) is 5.41 Å². The number of aromatic amines is 1. The lowest BCUT2D eigenvalue weighted by atomic mass is 10.1. The van der Waals surface area contributed by atoms with Crippen molar-refractivity contribution < 1.29 is 9.53 Å². The first-order chi connectivity index (χ1) is 12.2. The van der Waals surface area contributed by atoms with Crippen molar-refractivity contribution in [1.82, 2.24) is 15.2 Å². The highest BCUT2D eigenvalue weighted by molar-refractivity contribution is 5.91. The number of carbonyl (C=O) groups is 1. The number of guanidine groups is 2. The molecule has 9 nitrogen and oxygen atoms in total. The molecule has 7 N–H and O–H groups in total. The van der Waals surface area contributed by atoms with Gasteiger partial charge in [-0.15, -0.1) is 0 Å². The standard InChI is InChI=1S/C13H16N2O2.C4H11N5/c1-9(16)14-6-5-10-8-15-13-4-3-11(17-2)7-12(10)13;1-9(2)4(7)8-3(5)6/h3-4,7-8,15H,5-6H2,1-2H3,(H,14,16);1-2H3,(H5,5,6,7,8). The molecule has 0 fully saturated rings. The number of H-pyrrole nitrogens is 1. The lowest BCUT2D eigenvalue weighted by Gasteiger charge is -2.08. The fraction of sp³-hybridized carbons (Fsp3) is 0.353. The van der Waals surface area contributed by atoms with Crippen molar-refractivity contribution in [3.8, 4) is 5.75 Å². The van der Waals surface area contributed by atoms with Crippen LogP contribution in [0.4, 0.5) is 0 Å². The highest BCUT2D eigenvalue weighted by Gasteiger charge is 2.05. The third kappa shape index (κ3) is 6.71. The first-order valence-electron chi connectivity index (χ1n) is 7.98. The van der Waals surface area contributed by atoms with Crippen LogP contribution >= 0.6 is 0 Å². The van der Waals surface area contributed by atoms with Gasteiger partial charge in [-0.3, -0.25) is 10.2 Å². The average molecular weight is 361 g/mol. The second-order valence-corrected chi connectivity index (χ2v) is 5.71. The van der Waals surface area contributed by atoms with Crippen LogP contribution in [-0.4, -0.2) is 55.5 Å². The van der Waals surface area contributed by atoms with E-state index in [1.807, 2.05) is 24.4 Å². The summed E-state index contributed by atoms with van der Waals surface area (Å²) in [5.41, 5.74) is 12.5. The number of nitrogens with zero attached hydrogens (tertiary/aromatic N) is 2. The molecule has 0 saturated heterocycles. The molecule has 2 rings (SSSR count). The minimum absolute atomic E-state index is 0.00224. The molecule has 0 aliphatic carbocycles. The molecule has 2 aromatic rings. The van der Waals surface area contributed by atoms with E-state index in [2.05, 4.69) is 15.3 Å². The molecule has 1 aromatic carbocycles. The number of nitrogens with one attached hydrogen (secondary N) is 3. The van der Waals surface area contributed by atoms with Crippen molar-refractivity contribution in [3.63, 3.8) is 0 Å². The minimum atomic E-state index is -0.277. The van der Waals surface area contributed by atoms with Crippen LogP contribution in [0.2, 0.25) is 0 Å². The molecule has 0 bridgehead atoms. The monoisotopic (exact) mass is 361 g/mol. The number of fused-ring (bicyclic) bond motifs is 1. The number of amides is 1. The molecule has 1 amide bonds. The van der Waals surface area contributed by atoms with E-state index in [0.29, 0.717) is 6.54 Å². The van der Waals surface area contributed by atoms with Crippen molar-refractivity contribution in [2.24, 2.45) is 16.5 Å². The summed E-state index contributed by atoms with van der Waals surface area (Å²) in [5.74, 6) is 0.809. The number of benzene rings is 1. The number of aliphatic imine (C=N–C) groups is 1. The largest absolute Gasteiger partial charge is 0.497 e. The maximum absolute atomic E-state index is 10.8. The fourth-order valence-electron chi connectivity index (χ4n) is 2.09. The third-order valence-corrected chi connectivity index (χ3v) is 3.44. The number of hydrogen-bond donors (Lipinski definition) is 5. The fourth-order valence-corrected chi connectivity index (χ4v) is 2.09. The Bertz CT molecular complexity index is 781. The first-order valence-corrected chi connectivity index (χ1v) is 7.98. The number of carbonyl (C=O) groups excluding carboxylic acids is 1. The van der Waals surface area contributed by atoms with Crippen LogP contribution in [-0.2, 0) is 11.2 Å². The molecule has 1 aromatic heterocycles. The summed E-state index contributed by atoms with van der Waals surface area (Å²) in [5, 5.41) is 10.6. The second kappa shape index (κ2) is 9.92. The quantitative estimate of drug-likeness (QED) is 0.400.